The Morgan fingerprint density at radius 2 is 2.11 bits per heavy atom. The Balaban J connectivity index is 2.53. The second kappa shape index (κ2) is 7.94. The van der Waals surface area contributed by atoms with Crippen molar-refractivity contribution >= 4 is 50.7 Å². The molecule has 1 aromatic carbocycles. The van der Waals surface area contributed by atoms with Crippen LogP contribution in [0.2, 0.25) is 10.0 Å². The molecule has 1 atom stereocenters. The maximum Gasteiger partial charge on any atom is 0.239 e. The van der Waals surface area contributed by atoms with Gasteiger partial charge in [-0.2, -0.15) is 0 Å². The summed E-state index contributed by atoms with van der Waals surface area (Å²) in [6.07, 6.45) is 0. The molecule has 106 valence electrons. The molecule has 0 aliphatic heterocycles. The molecular weight excluding hydrogens is 355 g/mol. The minimum absolute atomic E-state index is 0.0386. The molecule has 0 aromatic heterocycles. The number of amides is 1. The summed E-state index contributed by atoms with van der Waals surface area (Å²) in [6.45, 7) is 2.45. The Labute approximate surface area is 130 Å². The van der Waals surface area contributed by atoms with Gasteiger partial charge in [-0.3, -0.25) is 4.79 Å². The molecule has 2 N–H and O–H groups in total. The molecule has 1 rings (SSSR count). The topological polar surface area (TPSA) is 50.4 Å². The van der Waals surface area contributed by atoms with Gasteiger partial charge in [0.2, 0.25) is 5.91 Å². The smallest absolute Gasteiger partial charge is 0.239 e. The number of methoxy groups -OCH3 is 1. The lowest BCUT2D eigenvalue weighted by molar-refractivity contribution is -0.120. The highest BCUT2D eigenvalue weighted by Gasteiger charge is 2.10. The average molecular weight is 370 g/mol. The summed E-state index contributed by atoms with van der Waals surface area (Å²) in [7, 11) is 1.59. The van der Waals surface area contributed by atoms with Crippen LogP contribution in [-0.2, 0) is 9.53 Å². The van der Waals surface area contributed by atoms with E-state index in [9.17, 15) is 4.79 Å². The highest BCUT2D eigenvalue weighted by molar-refractivity contribution is 9.10. The third kappa shape index (κ3) is 5.18. The van der Waals surface area contributed by atoms with E-state index in [4.69, 9.17) is 27.9 Å². The third-order valence-corrected chi connectivity index (χ3v) is 4.07. The quantitative estimate of drug-likeness (QED) is 0.756. The normalized spacial score (nSPS) is 12.1. The molecule has 1 amide bonds. The van der Waals surface area contributed by atoms with Crippen LogP contribution in [0.1, 0.15) is 6.92 Å². The number of nitrogens with one attached hydrogen (secondary N) is 2. The van der Waals surface area contributed by atoms with Crippen molar-refractivity contribution in [3.05, 3.63) is 26.7 Å². The van der Waals surface area contributed by atoms with Crippen molar-refractivity contribution in [1.29, 1.82) is 0 Å². The van der Waals surface area contributed by atoms with Crippen LogP contribution in [0.4, 0.5) is 5.69 Å². The molecule has 0 heterocycles. The van der Waals surface area contributed by atoms with Crippen LogP contribution >= 0.6 is 39.1 Å². The molecule has 0 aliphatic carbocycles. The molecular formula is C12H15BrCl2N2O2. The summed E-state index contributed by atoms with van der Waals surface area (Å²) in [6, 6.07) is 3.48. The third-order valence-electron chi connectivity index (χ3n) is 2.30. The largest absolute Gasteiger partial charge is 0.383 e. The first-order valence-electron chi connectivity index (χ1n) is 5.61. The van der Waals surface area contributed by atoms with Crippen LogP contribution in [0.15, 0.2) is 16.6 Å². The first-order valence-corrected chi connectivity index (χ1v) is 7.16. The summed E-state index contributed by atoms with van der Waals surface area (Å²) in [5.74, 6) is -0.139. The Morgan fingerprint density at radius 1 is 1.42 bits per heavy atom. The number of carbonyl (C=O) groups is 1. The number of benzene rings is 1. The fourth-order valence-corrected chi connectivity index (χ4v) is 2.30. The Kier molecular flexibility index (Phi) is 6.93. The minimum Gasteiger partial charge on any atom is -0.383 e. The maximum absolute atomic E-state index is 11.7. The number of anilines is 1. The number of ether oxygens (including phenoxy) is 1. The van der Waals surface area contributed by atoms with Gasteiger partial charge in [0.25, 0.3) is 0 Å². The van der Waals surface area contributed by atoms with E-state index in [0.717, 1.165) is 0 Å². The van der Waals surface area contributed by atoms with Crippen LogP contribution in [0, 0.1) is 0 Å². The zero-order chi connectivity index (χ0) is 14.4. The second-order valence-corrected chi connectivity index (χ2v) is 5.61. The van der Waals surface area contributed by atoms with Gasteiger partial charge >= 0.3 is 0 Å². The predicted octanol–water partition coefficient (Wildman–Crippen LogP) is 3.32. The molecule has 19 heavy (non-hydrogen) atoms. The molecule has 1 aromatic rings. The molecule has 0 spiro atoms. The summed E-state index contributed by atoms with van der Waals surface area (Å²) < 4.78 is 5.65. The molecule has 0 bridgehead atoms. The average Bonchev–Trinajstić information content (AvgIpc) is 2.35. The molecule has 0 fully saturated rings. The van der Waals surface area contributed by atoms with Crippen molar-refractivity contribution in [1.82, 2.24) is 5.32 Å². The van der Waals surface area contributed by atoms with Crippen molar-refractivity contribution in [2.45, 2.75) is 13.0 Å². The molecule has 0 aliphatic rings. The number of hydrogen-bond acceptors (Lipinski definition) is 3. The van der Waals surface area contributed by atoms with Crippen LogP contribution in [-0.4, -0.2) is 32.2 Å². The van der Waals surface area contributed by atoms with Gasteiger partial charge in [0.05, 0.1) is 28.9 Å². The Morgan fingerprint density at radius 3 is 2.74 bits per heavy atom. The van der Waals surface area contributed by atoms with Gasteiger partial charge in [-0.15, -0.1) is 0 Å². The summed E-state index contributed by atoms with van der Waals surface area (Å²) >= 11 is 15.3. The molecule has 0 radical (unpaired) electrons. The molecule has 0 saturated carbocycles. The zero-order valence-electron chi connectivity index (χ0n) is 10.6. The fourth-order valence-electron chi connectivity index (χ4n) is 1.46. The van der Waals surface area contributed by atoms with Gasteiger partial charge in [-0.1, -0.05) is 23.2 Å². The molecule has 7 heteroatoms. The van der Waals surface area contributed by atoms with E-state index in [0.29, 0.717) is 26.8 Å². The Bertz CT molecular complexity index is 458. The molecule has 0 saturated heterocycles. The zero-order valence-corrected chi connectivity index (χ0v) is 13.7. The van der Waals surface area contributed by atoms with E-state index in [-0.39, 0.29) is 18.5 Å². The minimum atomic E-state index is -0.139. The van der Waals surface area contributed by atoms with Crippen molar-refractivity contribution in [3.8, 4) is 0 Å². The van der Waals surface area contributed by atoms with E-state index in [1.54, 1.807) is 19.2 Å². The van der Waals surface area contributed by atoms with Crippen LogP contribution in [0.3, 0.4) is 0 Å². The maximum atomic E-state index is 11.7. The Hall–Kier alpha value is -0.490. The van der Waals surface area contributed by atoms with Gasteiger partial charge in [0.15, 0.2) is 0 Å². The van der Waals surface area contributed by atoms with Crippen molar-refractivity contribution in [2.24, 2.45) is 0 Å². The molecule has 4 nitrogen and oxygen atoms in total. The van der Waals surface area contributed by atoms with Crippen LogP contribution in [0.25, 0.3) is 0 Å². The van der Waals surface area contributed by atoms with Crippen molar-refractivity contribution in [2.75, 3.05) is 25.6 Å². The van der Waals surface area contributed by atoms with Crippen molar-refractivity contribution in [3.63, 3.8) is 0 Å². The van der Waals surface area contributed by atoms with Crippen LogP contribution < -0.4 is 10.6 Å². The number of carbonyl (C=O) groups excluding carboxylic acids is 1. The highest BCUT2D eigenvalue weighted by atomic mass is 79.9. The summed E-state index contributed by atoms with van der Waals surface area (Å²) in [5, 5.41) is 6.52. The summed E-state index contributed by atoms with van der Waals surface area (Å²) in [5.41, 5.74) is 0.615. The number of rotatable bonds is 6. The number of halogens is 3. The van der Waals surface area contributed by atoms with Gasteiger partial charge in [-0.05, 0) is 35.0 Å². The van der Waals surface area contributed by atoms with Crippen molar-refractivity contribution < 1.29 is 9.53 Å². The van der Waals surface area contributed by atoms with Crippen LogP contribution in [0.5, 0.6) is 0 Å². The monoisotopic (exact) mass is 368 g/mol. The number of hydrogen-bond donors (Lipinski definition) is 2. The van der Waals surface area contributed by atoms with Gasteiger partial charge in [-0.25, -0.2) is 0 Å². The predicted molar refractivity (Wildman–Crippen MR) is 82.1 cm³/mol. The van der Waals surface area contributed by atoms with E-state index >= 15 is 0 Å². The standard InChI is InChI=1S/C12H15BrCl2N2O2/c1-7(6-19-2)17-10(18)5-16-9-4-3-8(13)11(14)12(9)15/h3-4,7,16H,5-6H2,1-2H3,(H,17,18). The lowest BCUT2D eigenvalue weighted by Crippen LogP contribution is -2.39. The van der Waals surface area contributed by atoms with E-state index in [2.05, 4.69) is 26.6 Å². The first-order chi connectivity index (χ1) is 8.95. The lowest BCUT2D eigenvalue weighted by atomic mass is 10.3. The lowest BCUT2D eigenvalue weighted by Gasteiger charge is -2.14. The SMILES string of the molecule is COCC(C)NC(=O)CNc1ccc(Br)c(Cl)c1Cl. The van der Waals surface area contributed by atoms with Gasteiger partial charge < -0.3 is 15.4 Å². The molecule has 1 unspecified atom stereocenters. The fraction of sp³-hybridized carbons (Fsp3) is 0.417. The van der Waals surface area contributed by atoms with Gasteiger partial charge in [0, 0.05) is 17.6 Å². The van der Waals surface area contributed by atoms with Gasteiger partial charge in [0.1, 0.15) is 0 Å². The highest BCUT2D eigenvalue weighted by Crippen LogP contribution is 2.35. The second-order valence-electron chi connectivity index (χ2n) is 4.00. The van der Waals surface area contributed by atoms with E-state index < -0.39 is 0 Å². The summed E-state index contributed by atoms with van der Waals surface area (Å²) in [4.78, 5) is 11.7. The first kappa shape index (κ1) is 16.6. The van der Waals surface area contributed by atoms with E-state index in [1.165, 1.54) is 0 Å². The van der Waals surface area contributed by atoms with E-state index in [1.807, 2.05) is 6.92 Å².